The lowest BCUT2D eigenvalue weighted by molar-refractivity contribution is -0.125. The molecule has 0 atom stereocenters. The van der Waals surface area contributed by atoms with Crippen molar-refractivity contribution in [1.82, 2.24) is 30.6 Å². The van der Waals surface area contributed by atoms with Gasteiger partial charge in [0.25, 0.3) is 0 Å². The first-order valence-electron chi connectivity index (χ1n) is 16.2. The SMILES string of the molecule is O=C(CCl)NC12CC3CC(CC(C3)C1)C2.O=C(CSc1ccnc(=O)[nH]1)NC12CC3CC(CC(C3)C1)C2.O=c1[nH]ccc(=S)[nH]1. The number of H-pyrrole nitrogens is 3. The zero-order chi connectivity index (χ0) is 31.6. The van der Waals surface area contributed by atoms with Gasteiger partial charge >= 0.3 is 11.4 Å². The molecule has 0 aliphatic heterocycles. The highest BCUT2D eigenvalue weighted by Gasteiger charge is 2.52. The van der Waals surface area contributed by atoms with Crippen molar-refractivity contribution in [2.24, 2.45) is 35.5 Å². The number of carbonyl (C=O) groups excluding carboxylic acids is 2. The molecule has 2 heterocycles. The lowest BCUT2D eigenvalue weighted by Crippen LogP contribution is -2.60. The van der Waals surface area contributed by atoms with Crippen molar-refractivity contribution >= 4 is 47.4 Å². The van der Waals surface area contributed by atoms with Crippen molar-refractivity contribution in [3.8, 4) is 0 Å². The van der Waals surface area contributed by atoms with Crippen LogP contribution in [-0.2, 0) is 9.59 Å². The van der Waals surface area contributed by atoms with Crippen molar-refractivity contribution < 1.29 is 9.59 Å². The van der Waals surface area contributed by atoms with Gasteiger partial charge < -0.3 is 20.6 Å². The topological polar surface area (TPSA) is 153 Å². The Morgan fingerprint density at radius 3 is 1.71 bits per heavy atom. The number of hydrogen-bond donors (Lipinski definition) is 5. The Morgan fingerprint density at radius 2 is 1.31 bits per heavy atom. The average molecular weight is 675 g/mol. The predicted molar refractivity (Wildman–Crippen MR) is 177 cm³/mol. The summed E-state index contributed by atoms with van der Waals surface area (Å²) in [7, 11) is 0. The Balaban J connectivity index is 0.000000134. The second-order valence-electron chi connectivity index (χ2n) is 14.4. The maximum absolute atomic E-state index is 12.3. The number of hydrogen-bond acceptors (Lipinski definition) is 7. The van der Waals surface area contributed by atoms with E-state index in [0.29, 0.717) is 15.4 Å². The van der Waals surface area contributed by atoms with E-state index in [1.54, 1.807) is 12.1 Å². The van der Waals surface area contributed by atoms with E-state index in [1.165, 1.54) is 101 Å². The quantitative estimate of drug-likeness (QED) is 0.129. The van der Waals surface area contributed by atoms with Crippen LogP contribution < -0.4 is 22.0 Å². The molecular weight excluding hydrogens is 632 g/mol. The van der Waals surface area contributed by atoms with Crippen LogP contribution in [0.15, 0.2) is 39.1 Å². The molecule has 0 saturated heterocycles. The van der Waals surface area contributed by atoms with E-state index in [1.807, 2.05) is 0 Å². The first kappa shape index (κ1) is 32.5. The summed E-state index contributed by atoms with van der Waals surface area (Å²) in [6.07, 6.45) is 18.5. The van der Waals surface area contributed by atoms with E-state index < -0.39 is 0 Å². The molecule has 13 heteroatoms. The highest BCUT2D eigenvalue weighted by molar-refractivity contribution is 7.99. The van der Waals surface area contributed by atoms with Crippen LogP contribution in [0.5, 0.6) is 0 Å². The lowest BCUT2D eigenvalue weighted by atomic mass is 9.53. The van der Waals surface area contributed by atoms with Gasteiger partial charge in [0.1, 0.15) is 10.5 Å². The molecule has 2 amide bonds. The Bertz CT molecular complexity index is 1460. The van der Waals surface area contributed by atoms with Crippen molar-refractivity contribution in [1.29, 1.82) is 0 Å². The summed E-state index contributed by atoms with van der Waals surface area (Å²) in [4.78, 5) is 56.3. The molecule has 8 bridgehead atoms. The summed E-state index contributed by atoms with van der Waals surface area (Å²) in [6, 6.07) is 3.33. The number of alkyl halides is 1. The van der Waals surface area contributed by atoms with Crippen LogP contribution in [0.2, 0.25) is 0 Å². The Kier molecular flexibility index (Phi) is 9.92. The van der Waals surface area contributed by atoms with E-state index in [-0.39, 0.29) is 40.2 Å². The Labute approximate surface area is 277 Å². The summed E-state index contributed by atoms with van der Waals surface area (Å²) in [5.74, 6) is 5.71. The van der Waals surface area contributed by atoms with Crippen LogP contribution in [0.1, 0.15) is 77.0 Å². The third-order valence-corrected chi connectivity index (χ3v) is 12.1. The first-order chi connectivity index (χ1) is 21.6. The minimum Gasteiger partial charge on any atom is -0.350 e. The standard InChI is InChI=1S/C16H21N3O2S.C12H18ClNO.C4H4N2OS/c20-13(9-22-14-1-2-17-15(21)18-14)19-16-6-10-3-11(7-16)5-12(4-10)8-16;13-7-11(15)14-12-4-8-1-9(5-12)3-10(2-8)6-12;7-4-5-2-1-3(8)6-4/h1-2,10-12H,3-9H2,(H,19,20)(H,17,18,21);8-10H,1-7H2,(H,14,15);1-2H,(H2,5,6,7,8). The Hall–Kier alpha value is -2.44. The number of amides is 2. The minimum atomic E-state index is -0.369. The lowest BCUT2D eigenvalue weighted by Gasteiger charge is -2.56. The summed E-state index contributed by atoms with van der Waals surface area (Å²) < 4.78 is 0.453. The summed E-state index contributed by atoms with van der Waals surface area (Å²) in [6.45, 7) is 0. The zero-order valence-corrected chi connectivity index (χ0v) is 27.8. The molecule has 0 spiro atoms. The highest BCUT2D eigenvalue weighted by Crippen LogP contribution is 2.56. The average Bonchev–Trinajstić information content (AvgIpc) is 2.95. The second-order valence-corrected chi connectivity index (χ2v) is 16.2. The van der Waals surface area contributed by atoms with Gasteiger partial charge in [-0.05, 0) is 125 Å². The monoisotopic (exact) mass is 674 g/mol. The number of thioether (sulfide) groups is 1. The van der Waals surface area contributed by atoms with E-state index in [0.717, 1.165) is 35.5 Å². The van der Waals surface area contributed by atoms with Gasteiger partial charge in [0.2, 0.25) is 11.8 Å². The van der Waals surface area contributed by atoms with Gasteiger partial charge in [0.15, 0.2) is 0 Å². The molecule has 8 saturated carbocycles. The number of rotatable bonds is 6. The first-order valence-corrected chi connectivity index (χ1v) is 18.2. The van der Waals surface area contributed by atoms with Gasteiger partial charge in [-0.15, -0.1) is 11.6 Å². The van der Waals surface area contributed by atoms with Gasteiger partial charge in [0, 0.05) is 23.5 Å². The van der Waals surface area contributed by atoms with Crippen LogP contribution in [0.25, 0.3) is 0 Å². The molecule has 2 aromatic rings. The number of aromatic nitrogens is 4. The minimum absolute atomic E-state index is 0.0265. The molecule has 8 aliphatic rings. The fourth-order valence-electron chi connectivity index (χ4n) is 10.2. The van der Waals surface area contributed by atoms with Crippen LogP contribution in [0.4, 0.5) is 0 Å². The van der Waals surface area contributed by atoms with Gasteiger partial charge in [-0.1, -0.05) is 24.0 Å². The van der Waals surface area contributed by atoms with E-state index >= 15 is 0 Å². The van der Waals surface area contributed by atoms with E-state index in [2.05, 4.69) is 42.8 Å². The molecule has 244 valence electrons. The largest absolute Gasteiger partial charge is 0.350 e. The van der Waals surface area contributed by atoms with Crippen LogP contribution in [0, 0.1) is 40.1 Å². The molecule has 0 unspecified atom stereocenters. The third kappa shape index (κ3) is 8.29. The van der Waals surface area contributed by atoms with Crippen LogP contribution in [0.3, 0.4) is 0 Å². The predicted octanol–water partition coefficient (Wildman–Crippen LogP) is 4.69. The van der Waals surface area contributed by atoms with Crippen molar-refractivity contribution in [2.45, 2.75) is 93.2 Å². The zero-order valence-electron chi connectivity index (χ0n) is 25.4. The van der Waals surface area contributed by atoms with Gasteiger partial charge in [-0.2, -0.15) is 0 Å². The number of aromatic amines is 3. The molecule has 10 nitrogen and oxygen atoms in total. The van der Waals surface area contributed by atoms with Crippen LogP contribution in [-0.4, -0.2) is 54.5 Å². The van der Waals surface area contributed by atoms with Crippen molar-refractivity contribution in [2.75, 3.05) is 11.6 Å². The molecule has 2 aromatic heterocycles. The maximum Gasteiger partial charge on any atom is 0.345 e. The van der Waals surface area contributed by atoms with Crippen molar-refractivity contribution in [3.05, 3.63) is 50.1 Å². The Morgan fingerprint density at radius 1 is 0.822 bits per heavy atom. The summed E-state index contributed by atoms with van der Waals surface area (Å²) >= 11 is 11.6. The fraction of sp³-hybridized carbons (Fsp3) is 0.688. The molecule has 5 N–H and O–H groups in total. The molecule has 8 aliphatic carbocycles. The van der Waals surface area contributed by atoms with Crippen molar-refractivity contribution in [3.63, 3.8) is 0 Å². The number of nitrogens with one attached hydrogen (secondary N) is 5. The van der Waals surface area contributed by atoms with E-state index in [4.69, 9.17) is 11.6 Å². The molecule has 45 heavy (non-hydrogen) atoms. The van der Waals surface area contributed by atoms with Gasteiger partial charge in [-0.25, -0.2) is 14.6 Å². The molecule has 0 radical (unpaired) electrons. The van der Waals surface area contributed by atoms with Gasteiger partial charge in [0.05, 0.1) is 10.8 Å². The summed E-state index contributed by atoms with van der Waals surface area (Å²) in [5, 5.41) is 7.24. The highest BCUT2D eigenvalue weighted by atomic mass is 35.5. The number of carbonyl (C=O) groups is 2. The molecular formula is C32H43ClN6O4S2. The smallest absolute Gasteiger partial charge is 0.345 e. The van der Waals surface area contributed by atoms with Gasteiger partial charge in [-0.3, -0.25) is 14.6 Å². The molecule has 0 aromatic carbocycles. The fourth-order valence-corrected chi connectivity index (χ4v) is 11.1. The number of halogens is 1. The second kappa shape index (κ2) is 13.7. The normalized spacial score (nSPS) is 34.6. The van der Waals surface area contributed by atoms with Crippen LogP contribution >= 0.6 is 35.6 Å². The molecule has 10 rings (SSSR count). The summed E-state index contributed by atoms with van der Waals surface area (Å²) in [5.41, 5.74) is -0.428. The molecule has 8 fully saturated rings. The maximum atomic E-state index is 12.3. The third-order valence-electron chi connectivity index (χ3n) is 10.7. The number of nitrogens with zero attached hydrogens (tertiary/aromatic N) is 1. The van der Waals surface area contributed by atoms with E-state index in [9.17, 15) is 19.2 Å².